The molecule has 0 N–H and O–H groups in total. The third-order valence-electron chi connectivity index (χ3n) is 3.16. The zero-order valence-electron chi connectivity index (χ0n) is 11.1. The van der Waals surface area contributed by atoms with Gasteiger partial charge in [-0.15, -0.1) is 0 Å². The quantitative estimate of drug-likeness (QED) is 0.628. The van der Waals surface area contributed by atoms with Crippen LogP contribution < -0.4 is 9.47 Å². The van der Waals surface area contributed by atoms with Crippen molar-refractivity contribution in [3.05, 3.63) is 65.2 Å². The minimum atomic E-state index is -0.0114. The zero-order valence-corrected chi connectivity index (χ0v) is 11.1. The molecule has 3 nitrogen and oxygen atoms in total. The van der Waals surface area contributed by atoms with Gasteiger partial charge in [0.1, 0.15) is 0 Å². The molecule has 1 aliphatic rings. The molecule has 3 rings (SSSR count). The molecule has 0 aromatic heterocycles. The first-order chi connectivity index (χ1) is 9.72. The van der Waals surface area contributed by atoms with E-state index in [-0.39, 0.29) is 12.6 Å². The summed E-state index contributed by atoms with van der Waals surface area (Å²) in [6, 6.07) is 13.1. The first kappa shape index (κ1) is 12.5. The van der Waals surface area contributed by atoms with Crippen molar-refractivity contribution in [1.29, 1.82) is 0 Å². The third kappa shape index (κ3) is 2.57. The standard InChI is InChI=1S/C17H14O3/c1-12-2-6-14(7-3-12)15(18)8-4-13-5-9-16-17(10-13)20-11-19-16/h2-10H,11H2,1H3. The summed E-state index contributed by atoms with van der Waals surface area (Å²) in [5.41, 5.74) is 2.74. The maximum atomic E-state index is 12.0. The summed E-state index contributed by atoms with van der Waals surface area (Å²) >= 11 is 0. The number of ether oxygens (including phenoxy) is 2. The fourth-order valence-electron chi connectivity index (χ4n) is 2.00. The van der Waals surface area contributed by atoms with Gasteiger partial charge in [-0.2, -0.15) is 0 Å². The van der Waals surface area contributed by atoms with Crippen LogP contribution in [0, 0.1) is 6.92 Å². The largest absolute Gasteiger partial charge is 0.454 e. The molecule has 0 saturated heterocycles. The molecular formula is C17H14O3. The van der Waals surface area contributed by atoms with E-state index < -0.39 is 0 Å². The molecular weight excluding hydrogens is 252 g/mol. The second-order valence-electron chi connectivity index (χ2n) is 4.68. The maximum Gasteiger partial charge on any atom is 0.231 e. The van der Waals surface area contributed by atoms with Crippen molar-refractivity contribution in [2.75, 3.05) is 6.79 Å². The van der Waals surface area contributed by atoms with E-state index >= 15 is 0 Å². The van der Waals surface area contributed by atoms with Crippen LogP contribution in [0.4, 0.5) is 0 Å². The van der Waals surface area contributed by atoms with Gasteiger partial charge >= 0.3 is 0 Å². The molecule has 1 aliphatic heterocycles. The van der Waals surface area contributed by atoms with Gasteiger partial charge in [0.25, 0.3) is 0 Å². The van der Waals surface area contributed by atoms with Crippen molar-refractivity contribution >= 4 is 11.9 Å². The van der Waals surface area contributed by atoms with Gasteiger partial charge in [0.05, 0.1) is 0 Å². The first-order valence-electron chi connectivity index (χ1n) is 6.41. The Morgan fingerprint density at radius 1 is 1.05 bits per heavy atom. The number of hydrogen-bond donors (Lipinski definition) is 0. The average Bonchev–Trinajstić information content (AvgIpc) is 2.93. The topological polar surface area (TPSA) is 35.5 Å². The Labute approximate surface area is 117 Å². The summed E-state index contributed by atoms with van der Waals surface area (Å²) in [4.78, 5) is 12.0. The number of allylic oxidation sites excluding steroid dienone is 1. The van der Waals surface area contributed by atoms with Crippen LogP contribution in [0.3, 0.4) is 0 Å². The van der Waals surface area contributed by atoms with Crippen molar-refractivity contribution in [3.8, 4) is 11.5 Å². The highest BCUT2D eigenvalue weighted by molar-refractivity contribution is 6.06. The number of ketones is 1. The van der Waals surface area contributed by atoms with Crippen LogP contribution in [0.25, 0.3) is 6.08 Å². The Morgan fingerprint density at radius 3 is 2.60 bits per heavy atom. The van der Waals surface area contributed by atoms with Gasteiger partial charge in [0, 0.05) is 5.56 Å². The summed E-state index contributed by atoms with van der Waals surface area (Å²) in [5, 5.41) is 0. The molecule has 0 spiro atoms. The summed E-state index contributed by atoms with van der Waals surface area (Å²) in [5.74, 6) is 1.45. The lowest BCUT2D eigenvalue weighted by Crippen LogP contribution is -1.93. The summed E-state index contributed by atoms with van der Waals surface area (Å²) in [6.07, 6.45) is 3.35. The van der Waals surface area contributed by atoms with Crippen LogP contribution in [0.2, 0.25) is 0 Å². The molecule has 0 aliphatic carbocycles. The predicted molar refractivity (Wildman–Crippen MR) is 77.1 cm³/mol. The summed E-state index contributed by atoms with van der Waals surface area (Å²) in [6.45, 7) is 2.25. The number of carbonyl (C=O) groups excluding carboxylic acids is 1. The van der Waals surface area contributed by atoms with Gasteiger partial charge in [-0.3, -0.25) is 4.79 Å². The van der Waals surface area contributed by atoms with Crippen LogP contribution in [0.5, 0.6) is 11.5 Å². The second kappa shape index (κ2) is 5.21. The van der Waals surface area contributed by atoms with Crippen molar-refractivity contribution in [3.63, 3.8) is 0 Å². The van der Waals surface area contributed by atoms with Crippen LogP contribution in [0.15, 0.2) is 48.5 Å². The van der Waals surface area contributed by atoms with Gasteiger partial charge in [0.2, 0.25) is 6.79 Å². The lowest BCUT2D eigenvalue weighted by Gasteiger charge is -1.98. The minimum Gasteiger partial charge on any atom is -0.454 e. The highest BCUT2D eigenvalue weighted by atomic mass is 16.7. The summed E-state index contributed by atoms with van der Waals surface area (Å²) < 4.78 is 10.5. The van der Waals surface area contributed by atoms with E-state index in [1.165, 1.54) is 0 Å². The van der Waals surface area contributed by atoms with Gasteiger partial charge in [-0.1, -0.05) is 42.0 Å². The molecule has 0 atom stereocenters. The Morgan fingerprint density at radius 2 is 1.80 bits per heavy atom. The lowest BCUT2D eigenvalue weighted by atomic mass is 10.1. The minimum absolute atomic E-state index is 0.0114. The number of carbonyl (C=O) groups is 1. The molecule has 0 fully saturated rings. The van der Waals surface area contributed by atoms with E-state index in [0.717, 1.165) is 22.6 Å². The molecule has 0 bridgehead atoms. The molecule has 100 valence electrons. The van der Waals surface area contributed by atoms with Crippen LogP contribution >= 0.6 is 0 Å². The smallest absolute Gasteiger partial charge is 0.231 e. The molecule has 1 heterocycles. The van der Waals surface area contributed by atoms with E-state index in [1.54, 1.807) is 12.2 Å². The molecule has 2 aromatic rings. The Bertz CT molecular complexity index is 669. The highest BCUT2D eigenvalue weighted by Crippen LogP contribution is 2.32. The van der Waals surface area contributed by atoms with Gasteiger partial charge in [-0.25, -0.2) is 0 Å². The number of aryl methyl sites for hydroxylation is 1. The van der Waals surface area contributed by atoms with Crippen molar-refractivity contribution in [1.82, 2.24) is 0 Å². The molecule has 2 aromatic carbocycles. The monoisotopic (exact) mass is 266 g/mol. The summed E-state index contributed by atoms with van der Waals surface area (Å²) in [7, 11) is 0. The van der Waals surface area contributed by atoms with E-state index in [4.69, 9.17) is 9.47 Å². The molecule has 0 unspecified atom stereocenters. The van der Waals surface area contributed by atoms with Crippen LogP contribution in [0.1, 0.15) is 21.5 Å². The Hall–Kier alpha value is -2.55. The average molecular weight is 266 g/mol. The van der Waals surface area contributed by atoms with E-state index in [9.17, 15) is 4.79 Å². The SMILES string of the molecule is Cc1ccc(C(=O)C=Cc2ccc3c(c2)OCO3)cc1. The fraction of sp³-hybridized carbons (Fsp3) is 0.118. The highest BCUT2D eigenvalue weighted by Gasteiger charge is 2.12. The van der Waals surface area contributed by atoms with Crippen LogP contribution in [-0.4, -0.2) is 12.6 Å². The van der Waals surface area contributed by atoms with Gasteiger partial charge < -0.3 is 9.47 Å². The van der Waals surface area contributed by atoms with Gasteiger partial charge in [-0.05, 0) is 30.7 Å². The maximum absolute atomic E-state index is 12.0. The van der Waals surface area contributed by atoms with Crippen molar-refractivity contribution in [2.24, 2.45) is 0 Å². The number of benzene rings is 2. The predicted octanol–water partition coefficient (Wildman–Crippen LogP) is 3.62. The number of rotatable bonds is 3. The molecule has 0 radical (unpaired) electrons. The lowest BCUT2D eigenvalue weighted by molar-refractivity contribution is 0.104. The van der Waals surface area contributed by atoms with Crippen molar-refractivity contribution < 1.29 is 14.3 Å². The number of hydrogen-bond acceptors (Lipinski definition) is 3. The van der Waals surface area contributed by atoms with Crippen molar-refractivity contribution in [2.45, 2.75) is 6.92 Å². The second-order valence-corrected chi connectivity index (χ2v) is 4.68. The number of fused-ring (bicyclic) bond motifs is 1. The zero-order chi connectivity index (χ0) is 13.9. The Balaban J connectivity index is 1.76. The molecule has 20 heavy (non-hydrogen) atoms. The van der Waals surface area contributed by atoms with E-state index in [2.05, 4.69) is 0 Å². The van der Waals surface area contributed by atoms with Crippen LogP contribution in [-0.2, 0) is 0 Å². The fourth-order valence-corrected chi connectivity index (χ4v) is 2.00. The van der Waals surface area contributed by atoms with E-state index in [0.29, 0.717) is 5.56 Å². The molecule has 3 heteroatoms. The molecule has 0 amide bonds. The van der Waals surface area contributed by atoms with E-state index in [1.807, 2.05) is 49.4 Å². The third-order valence-corrected chi connectivity index (χ3v) is 3.16. The molecule has 0 saturated carbocycles. The first-order valence-corrected chi connectivity index (χ1v) is 6.41. The normalized spacial score (nSPS) is 12.8. The van der Waals surface area contributed by atoms with Gasteiger partial charge in [0.15, 0.2) is 17.3 Å². The Kier molecular flexibility index (Phi) is 3.25.